The van der Waals surface area contributed by atoms with E-state index in [0.717, 1.165) is 11.3 Å². The van der Waals surface area contributed by atoms with Crippen LogP contribution in [-0.2, 0) is 4.79 Å². The number of rotatable bonds is 6. The van der Waals surface area contributed by atoms with Crippen molar-refractivity contribution in [3.8, 4) is 5.75 Å². The predicted molar refractivity (Wildman–Crippen MR) is 74.4 cm³/mol. The van der Waals surface area contributed by atoms with Crippen LogP contribution in [-0.4, -0.2) is 36.9 Å². The van der Waals surface area contributed by atoms with Crippen molar-refractivity contribution in [2.45, 2.75) is 20.3 Å². The minimum atomic E-state index is 0.0505. The zero-order valence-corrected chi connectivity index (χ0v) is 12.0. The normalized spacial score (nSPS) is 10.2. The third kappa shape index (κ3) is 4.57. The van der Waals surface area contributed by atoms with Crippen molar-refractivity contribution >= 4 is 17.5 Å². The van der Waals surface area contributed by atoms with Crippen LogP contribution in [0.4, 0.5) is 0 Å². The molecule has 0 atom stereocenters. The summed E-state index contributed by atoms with van der Waals surface area (Å²) < 4.78 is 5.69. The molecule has 1 aromatic carbocycles. The van der Waals surface area contributed by atoms with Crippen LogP contribution < -0.4 is 4.74 Å². The average molecular weight is 270 g/mol. The lowest BCUT2D eigenvalue weighted by Gasteiger charge is -2.17. The first-order chi connectivity index (χ1) is 8.54. The molecule has 18 heavy (non-hydrogen) atoms. The van der Waals surface area contributed by atoms with Gasteiger partial charge in [-0.2, -0.15) is 0 Å². The van der Waals surface area contributed by atoms with E-state index in [1.807, 2.05) is 26.0 Å². The van der Waals surface area contributed by atoms with Crippen molar-refractivity contribution < 1.29 is 9.53 Å². The summed E-state index contributed by atoms with van der Waals surface area (Å²) in [6.07, 6.45) is 0.377. The highest BCUT2D eigenvalue weighted by molar-refractivity contribution is 6.18. The minimum absolute atomic E-state index is 0.0505. The molecule has 3 nitrogen and oxygen atoms in total. The van der Waals surface area contributed by atoms with Crippen LogP contribution in [0.5, 0.6) is 5.75 Å². The number of aryl methyl sites for hydroxylation is 2. The van der Waals surface area contributed by atoms with Gasteiger partial charge in [-0.15, -0.1) is 11.6 Å². The highest BCUT2D eigenvalue weighted by Gasteiger charge is 2.07. The molecule has 1 amide bonds. The SMILES string of the molecule is Cc1ccc(C)c(OCCN(C)C(=O)CCCl)c1. The molecule has 0 unspecified atom stereocenters. The molecule has 1 aromatic rings. The van der Waals surface area contributed by atoms with Gasteiger partial charge in [0.1, 0.15) is 12.4 Å². The Balaban J connectivity index is 2.41. The quantitative estimate of drug-likeness (QED) is 0.743. The zero-order chi connectivity index (χ0) is 13.5. The third-order valence-electron chi connectivity index (χ3n) is 2.76. The Bertz CT molecular complexity index is 407. The van der Waals surface area contributed by atoms with Crippen molar-refractivity contribution in [2.24, 2.45) is 0 Å². The van der Waals surface area contributed by atoms with Crippen LogP contribution in [0.25, 0.3) is 0 Å². The summed E-state index contributed by atoms with van der Waals surface area (Å²) in [7, 11) is 1.77. The molecule has 1 rings (SSSR count). The van der Waals surface area contributed by atoms with E-state index in [2.05, 4.69) is 6.07 Å². The summed E-state index contributed by atoms with van der Waals surface area (Å²) in [6, 6.07) is 6.10. The molecule has 0 fully saturated rings. The van der Waals surface area contributed by atoms with E-state index in [-0.39, 0.29) is 5.91 Å². The predicted octanol–water partition coefficient (Wildman–Crippen LogP) is 2.77. The van der Waals surface area contributed by atoms with Crippen molar-refractivity contribution in [3.63, 3.8) is 0 Å². The number of hydrogen-bond donors (Lipinski definition) is 0. The van der Waals surface area contributed by atoms with Gasteiger partial charge in [-0.25, -0.2) is 0 Å². The van der Waals surface area contributed by atoms with E-state index in [0.29, 0.717) is 25.5 Å². The minimum Gasteiger partial charge on any atom is -0.491 e. The number of hydrogen-bond acceptors (Lipinski definition) is 2. The first-order valence-electron chi connectivity index (χ1n) is 6.04. The van der Waals surface area contributed by atoms with E-state index in [9.17, 15) is 4.79 Å². The Hall–Kier alpha value is -1.22. The van der Waals surface area contributed by atoms with Crippen molar-refractivity contribution in [3.05, 3.63) is 29.3 Å². The number of benzene rings is 1. The summed E-state index contributed by atoms with van der Waals surface area (Å²) >= 11 is 5.53. The molecule has 0 heterocycles. The molecule has 0 spiro atoms. The fourth-order valence-corrected chi connectivity index (χ4v) is 1.71. The van der Waals surface area contributed by atoms with Crippen molar-refractivity contribution in [1.82, 2.24) is 4.90 Å². The van der Waals surface area contributed by atoms with Gasteiger partial charge in [0.25, 0.3) is 0 Å². The van der Waals surface area contributed by atoms with Crippen LogP contribution >= 0.6 is 11.6 Å². The Morgan fingerprint density at radius 3 is 2.78 bits per heavy atom. The standard InChI is InChI=1S/C14H20ClNO2/c1-11-4-5-12(2)13(10-11)18-9-8-16(3)14(17)6-7-15/h4-5,10H,6-9H2,1-3H3. The summed E-state index contributed by atoms with van der Waals surface area (Å²) in [5, 5.41) is 0. The summed E-state index contributed by atoms with van der Waals surface area (Å²) in [4.78, 5) is 13.1. The fourth-order valence-electron chi connectivity index (χ4n) is 1.55. The van der Waals surface area contributed by atoms with Crippen molar-refractivity contribution in [1.29, 1.82) is 0 Å². The van der Waals surface area contributed by atoms with E-state index in [1.165, 1.54) is 5.56 Å². The molecule has 0 aromatic heterocycles. The largest absolute Gasteiger partial charge is 0.491 e. The molecule has 4 heteroatoms. The molecule has 0 N–H and O–H groups in total. The van der Waals surface area contributed by atoms with Crippen molar-refractivity contribution in [2.75, 3.05) is 26.1 Å². The number of carbonyl (C=O) groups excluding carboxylic acids is 1. The number of halogens is 1. The maximum absolute atomic E-state index is 11.5. The second-order valence-electron chi connectivity index (χ2n) is 4.37. The Kier molecular flexibility index (Phi) is 5.99. The van der Waals surface area contributed by atoms with Gasteiger partial charge in [-0.05, 0) is 31.0 Å². The highest BCUT2D eigenvalue weighted by atomic mass is 35.5. The number of ether oxygens (including phenoxy) is 1. The number of alkyl halides is 1. The lowest BCUT2D eigenvalue weighted by atomic mass is 10.1. The van der Waals surface area contributed by atoms with Gasteiger partial charge >= 0.3 is 0 Å². The molecule has 0 saturated carbocycles. The Morgan fingerprint density at radius 1 is 1.39 bits per heavy atom. The fraction of sp³-hybridized carbons (Fsp3) is 0.500. The smallest absolute Gasteiger partial charge is 0.223 e. The number of amides is 1. The molecule has 0 aliphatic heterocycles. The number of carbonyl (C=O) groups is 1. The van der Waals surface area contributed by atoms with Crippen LogP contribution in [0, 0.1) is 13.8 Å². The van der Waals surface area contributed by atoms with Crippen LogP contribution in [0.2, 0.25) is 0 Å². The van der Waals surface area contributed by atoms with E-state index in [4.69, 9.17) is 16.3 Å². The molecule has 0 radical (unpaired) electrons. The first kappa shape index (κ1) is 14.8. The van der Waals surface area contributed by atoms with E-state index in [1.54, 1.807) is 11.9 Å². The third-order valence-corrected chi connectivity index (χ3v) is 2.95. The monoisotopic (exact) mass is 269 g/mol. The van der Waals surface area contributed by atoms with Gasteiger partial charge in [0.2, 0.25) is 5.91 Å². The molecule has 0 bridgehead atoms. The Labute approximate surface area is 114 Å². The van der Waals surface area contributed by atoms with Gasteiger partial charge in [0.05, 0.1) is 6.54 Å². The summed E-state index contributed by atoms with van der Waals surface area (Å²) in [5.74, 6) is 1.30. The maximum atomic E-state index is 11.5. The molecule has 100 valence electrons. The average Bonchev–Trinajstić information content (AvgIpc) is 2.33. The van der Waals surface area contributed by atoms with E-state index >= 15 is 0 Å². The van der Waals surface area contributed by atoms with Gasteiger partial charge in [0.15, 0.2) is 0 Å². The summed E-state index contributed by atoms with van der Waals surface area (Å²) in [5.41, 5.74) is 2.28. The van der Waals surface area contributed by atoms with Crippen LogP contribution in [0.1, 0.15) is 17.5 Å². The molecular weight excluding hydrogens is 250 g/mol. The van der Waals surface area contributed by atoms with Crippen LogP contribution in [0.15, 0.2) is 18.2 Å². The summed E-state index contributed by atoms with van der Waals surface area (Å²) in [6.45, 7) is 5.11. The lowest BCUT2D eigenvalue weighted by molar-refractivity contribution is -0.129. The number of likely N-dealkylation sites (N-methyl/N-ethyl adjacent to an activating group) is 1. The van der Waals surface area contributed by atoms with Crippen LogP contribution in [0.3, 0.4) is 0 Å². The molecule has 0 saturated heterocycles. The highest BCUT2D eigenvalue weighted by Crippen LogP contribution is 2.18. The second kappa shape index (κ2) is 7.27. The number of nitrogens with zero attached hydrogens (tertiary/aromatic N) is 1. The topological polar surface area (TPSA) is 29.5 Å². The molecule has 0 aliphatic rings. The Morgan fingerprint density at radius 2 is 2.11 bits per heavy atom. The van der Waals surface area contributed by atoms with Gasteiger partial charge in [-0.1, -0.05) is 12.1 Å². The lowest BCUT2D eigenvalue weighted by Crippen LogP contribution is -2.30. The van der Waals surface area contributed by atoms with Gasteiger partial charge in [-0.3, -0.25) is 4.79 Å². The zero-order valence-electron chi connectivity index (χ0n) is 11.2. The second-order valence-corrected chi connectivity index (χ2v) is 4.75. The molecular formula is C14H20ClNO2. The van der Waals surface area contributed by atoms with Gasteiger partial charge < -0.3 is 9.64 Å². The van der Waals surface area contributed by atoms with E-state index < -0.39 is 0 Å². The van der Waals surface area contributed by atoms with Gasteiger partial charge in [0, 0.05) is 19.3 Å². The first-order valence-corrected chi connectivity index (χ1v) is 6.58. The maximum Gasteiger partial charge on any atom is 0.223 e. The molecule has 0 aliphatic carbocycles.